The summed E-state index contributed by atoms with van der Waals surface area (Å²) < 4.78 is 18.1. The smallest absolute Gasteiger partial charge is 0.338 e. The molecule has 2 aromatic carbocycles. The van der Waals surface area contributed by atoms with Gasteiger partial charge in [0.15, 0.2) is 16.3 Å². The van der Waals surface area contributed by atoms with Gasteiger partial charge in [-0.1, -0.05) is 41.7 Å². The molecule has 3 aliphatic rings. The molecule has 0 unspecified atom stereocenters. The van der Waals surface area contributed by atoms with Gasteiger partial charge < -0.3 is 19.1 Å². The Morgan fingerprint density at radius 3 is 2.79 bits per heavy atom. The van der Waals surface area contributed by atoms with Crippen molar-refractivity contribution in [2.24, 2.45) is 4.99 Å². The number of aromatic nitrogens is 1. The maximum absolute atomic E-state index is 14.1. The first-order valence-corrected chi connectivity index (χ1v) is 12.9. The van der Waals surface area contributed by atoms with Crippen LogP contribution in [0.4, 0.5) is 5.69 Å². The van der Waals surface area contributed by atoms with Gasteiger partial charge in [-0.15, -0.1) is 6.58 Å². The number of amides is 1. The molecule has 6 rings (SSSR count). The fourth-order valence-electron chi connectivity index (χ4n) is 5.05. The molecule has 4 heterocycles. The van der Waals surface area contributed by atoms with Crippen molar-refractivity contribution in [1.82, 2.24) is 4.57 Å². The first-order chi connectivity index (χ1) is 18.4. The monoisotopic (exact) mass is 529 g/mol. The first-order valence-electron chi connectivity index (χ1n) is 12.1. The fraction of sp³-hybridized carbons (Fsp3) is 0.214. The topological polar surface area (TPSA) is 99.4 Å². The van der Waals surface area contributed by atoms with Gasteiger partial charge in [-0.3, -0.25) is 14.2 Å². The average Bonchev–Trinajstić information content (AvgIpc) is 3.58. The molecule has 1 amide bonds. The van der Waals surface area contributed by atoms with Gasteiger partial charge >= 0.3 is 5.97 Å². The number of hydrogen-bond donors (Lipinski definition) is 0. The fourth-order valence-corrected chi connectivity index (χ4v) is 6.19. The Morgan fingerprint density at radius 1 is 1.21 bits per heavy atom. The number of thiazole rings is 1. The number of anilines is 1. The lowest BCUT2D eigenvalue weighted by molar-refractivity contribution is -0.139. The Kier molecular flexibility index (Phi) is 5.76. The number of nitrogens with zero attached hydrogens (tertiary/aromatic N) is 3. The highest BCUT2D eigenvalue weighted by Crippen LogP contribution is 2.39. The van der Waals surface area contributed by atoms with Crippen LogP contribution in [0.2, 0.25) is 0 Å². The lowest BCUT2D eigenvalue weighted by atomic mass is 9.95. The molecule has 0 saturated heterocycles. The van der Waals surface area contributed by atoms with Crippen molar-refractivity contribution in [1.29, 1.82) is 0 Å². The third kappa shape index (κ3) is 3.52. The van der Waals surface area contributed by atoms with Crippen LogP contribution in [0.15, 0.2) is 76.2 Å². The number of carbonyl (C=O) groups excluding carboxylic acids is 2. The number of para-hydroxylation sites is 1. The zero-order valence-electron chi connectivity index (χ0n) is 20.7. The summed E-state index contributed by atoms with van der Waals surface area (Å²) in [6.07, 6.45) is 1.65. The van der Waals surface area contributed by atoms with Crippen LogP contribution in [-0.2, 0) is 14.3 Å². The van der Waals surface area contributed by atoms with Crippen LogP contribution in [0.1, 0.15) is 31.0 Å². The van der Waals surface area contributed by atoms with E-state index >= 15 is 0 Å². The number of fused-ring (bicyclic) bond motifs is 3. The van der Waals surface area contributed by atoms with E-state index in [4.69, 9.17) is 14.2 Å². The molecule has 0 radical (unpaired) electrons. The molecule has 10 heteroatoms. The number of rotatable bonds is 5. The lowest BCUT2D eigenvalue weighted by Gasteiger charge is -2.24. The zero-order chi connectivity index (χ0) is 26.6. The highest BCUT2D eigenvalue weighted by molar-refractivity contribution is 7.07. The molecular weight excluding hydrogens is 506 g/mol. The van der Waals surface area contributed by atoms with Crippen molar-refractivity contribution in [2.45, 2.75) is 19.9 Å². The third-order valence-electron chi connectivity index (χ3n) is 6.67. The van der Waals surface area contributed by atoms with E-state index in [0.717, 1.165) is 11.3 Å². The van der Waals surface area contributed by atoms with Crippen molar-refractivity contribution in [3.63, 3.8) is 0 Å². The summed E-state index contributed by atoms with van der Waals surface area (Å²) >= 11 is 1.13. The Labute approximate surface area is 221 Å². The van der Waals surface area contributed by atoms with Crippen LogP contribution in [0.25, 0.3) is 5.57 Å². The molecule has 1 aromatic heterocycles. The highest BCUT2D eigenvalue weighted by atomic mass is 32.1. The minimum absolute atomic E-state index is 0.0905. The molecule has 9 nitrogen and oxygen atoms in total. The predicted molar refractivity (Wildman–Crippen MR) is 141 cm³/mol. The van der Waals surface area contributed by atoms with E-state index in [9.17, 15) is 14.4 Å². The quantitative estimate of drug-likeness (QED) is 0.372. The van der Waals surface area contributed by atoms with E-state index in [-0.39, 0.29) is 29.4 Å². The molecule has 0 fully saturated rings. The van der Waals surface area contributed by atoms with Crippen LogP contribution in [0, 0.1) is 0 Å². The standard InChI is InChI=1S/C28H23N3O6S/c1-4-12-30-18-9-7-6-8-17(18)22(25(30)32)24-26(33)31-23(16-10-11-19-20(13-16)37-14-36-19)21(27(34)35-5-2)15(3)29-28(31)38-24/h4,6-11,13,23H,1,5,12,14H2,2-3H3/b24-22+/t23-/m0/s1. The van der Waals surface area contributed by atoms with Crippen LogP contribution in [0.5, 0.6) is 11.5 Å². The number of allylic oxidation sites excluding steroid dienone is 1. The maximum Gasteiger partial charge on any atom is 0.338 e. The Balaban J connectivity index is 1.63. The maximum atomic E-state index is 14.1. The number of esters is 1. The van der Waals surface area contributed by atoms with Crippen LogP contribution >= 0.6 is 11.3 Å². The summed E-state index contributed by atoms with van der Waals surface area (Å²) in [7, 11) is 0. The summed E-state index contributed by atoms with van der Waals surface area (Å²) in [6.45, 7) is 7.77. The average molecular weight is 530 g/mol. The van der Waals surface area contributed by atoms with Gasteiger partial charge in [0.1, 0.15) is 4.53 Å². The Morgan fingerprint density at radius 2 is 2.00 bits per heavy atom. The van der Waals surface area contributed by atoms with Crippen molar-refractivity contribution < 1.29 is 23.8 Å². The van der Waals surface area contributed by atoms with Gasteiger partial charge in [-0.25, -0.2) is 9.79 Å². The summed E-state index contributed by atoms with van der Waals surface area (Å²) in [5, 5.41) is 0. The number of ether oxygens (including phenoxy) is 3. The Bertz CT molecular complexity index is 1750. The van der Waals surface area contributed by atoms with Gasteiger partial charge in [0.25, 0.3) is 11.5 Å². The van der Waals surface area contributed by atoms with Gasteiger partial charge in [0.05, 0.1) is 35.2 Å². The highest BCUT2D eigenvalue weighted by Gasteiger charge is 2.37. The largest absolute Gasteiger partial charge is 0.463 e. The molecule has 0 N–H and O–H groups in total. The summed E-state index contributed by atoms with van der Waals surface area (Å²) in [5.74, 6) is 0.258. The van der Waals surface area contributed by atoms with Crippen LogP contribution in [-0.4, -0.2) is 36.4 Å². The molecule has 38 heavy (non-hydrogen) atoms. The van der Waals surface area contributed by atoms with Crippen LogP contribution < -0.4 is 29.3 Å². The lowest BCUT2D eigenvalue weighted by Crippen LogP contribution is -2.41. The second-order valence-electron chi connectivity index (χ2n) is 8.83. The van der Waals surface area contributed by atoms with Crippen molar-refractivity contribution in [2.75, 3.05) is 24.8 Å². The van der Waals surface area contributed by atoms with E-state index in [1.807, 2.05) is 24.3 Å². The van der Waals surface area contributed by atoms with E-state index < -0.39 is 17.6 Å². The van der Waals surface area contributed by atoms with E-state index in [1.165, 1.54) is 4.57 Å². The first kappa shape index (κ1) is 23.9. The van der Waals surface area contributed by atoms with Crippen molar-refractivity contribution in [3.8, 4) is 11.5 Å². The van der Waals surface area contributed by atoms with E-state index in [1.54, 1.807) is 43.0 Å². The molecule has 0 aliphatic carbocycles. The summed E-state index contributed by atoms with van der Waals surface area (Å²) in [4.78, 5) is 47.5. The second kappa shape index (κ2) is 9.14. The van der Waals surface area contributed by atoms with Gasteiger partial charge in [-0.05, 0) is 37.6 Å². The van der Waals surface area contributed by atoms with Crippen molar-refractivity contribution >= 4 is 34.5 Å². The number of carbonyl (C=O) groups is 2. The van der Waals surface area contributed by atoms with Gasteiger partial charge in [0, 0.05) is 12.1 Å². The van der Waals surface area contributed by atoms with Crippen LogP contribution in [0.3, 0.4) is 0 Å². The normalized spacial score (nSPS) is 18.7. The molecule has 3 aromatic rings. The molecule has 3 aliphatic heterocycles. The second-order valence-corrected chi connectivity index (χ2v) is 9.81. The SMILES string of the molecule is C=CCN1C(=O)/C(=c2/sc3n(c2=O)[C@@H](c2ccc4c(c2)OCO4)C(C(=O)OCC)=C(C)N=3)c2ccccc21. The van der Waals surface area contributed by atoms with E-state index in [2.05, 4.69) is 11.6 Å². The minimum Gasteiger partial charge on any atom is -0.463 e. The molecule has 0 spiro atoms. The summed E-state index contributed by atoms with van der Waals surface area (Å²) in [5.41, 5.74) is 2.62. The van der Waals surface area contributed by atoms with Gasteiger partial charge in [0.2, 0.25) is 6.79 Å². The zero-order valence-corrected chi connectivity index (χ0v) is 21.5. The third-order valence-corrected chi connectivity index (χ3v) is 7.72. The molecule has 192 valence electrons. The van der Waals surface area contributed by atoms with Crippen molar-refractivity contribution in [3.05, 3.63) is 97.2 Å². The number of hydrogen-bond acceptors (Lipinski definition) is 8. The molecular formula is C28H23N3O6S. The van der Waals surface area contributed by atoms with Gasteiger partial charge in [-0.2, -0.15) is 0 Å². The molecule has 1 atom stereocenters. The molecule has 0 saturated carbocycles. The predicted octanol–water partition coefficient (Wildman–Crippen LogP) is 2.43. The number of benzene rings is 2. The van der Waals surface area contributed by atoms with E-state index in [0.29, 0.717) is 50.9 Å². The minimum atomic E-state index is -0.829. The summed E-state index contributed by atoms with van der Waals surface area (Å²) in [6, 6.07) is 11.8. The Hall–Kier alpha value is -4.44. The molecule has 0 bridgehead atoms.